The van der Waals surface area contributed by atoms with Gasteiger partial charge in [0.2, 0.25) is 0 Å². The lowest BCUT2D eigenvalue weighted by Crippen LogP contribution is -2.24. The molecule has 0 unspecified atom stereocenters. The van der Waals surface area contributed by atoms with Crippen molar-refractivity contribution in [3.63, 3.8) is 0 Å². The monoisotopic (exact) mass is 184 g/mol. The van der Waals surface area contributed by atoms with Crippen LogP contribution in [-0.4, -0.2) is 24.5 Å². The first-order chi connectivity index (χ1) is 6.22. The minimum Gasteiger partial charge on any atom is -0.466 e. The van der Waals surface area contributed by atoms with Crippen molar-refractivity contribution in [1.82, 2.24) is 0 Å². The number of nitrogens with zero attached hydrogens (tertiary/aromatic N) is 1. The smallest absolute Gasteiger partial charge is 0.313 e. The van der Waals surface area contributed by atoms with Crippen LogP contribution in [0.2, 0.25) is 0 Å². The largest absolute Gasteiger partial charge is 0.466 e. The molecule has 0 aromatic heterocycles. The average Bonchev–Trinajstić information content (AvgIpc) is 1.97. The summed E-state index contributed by atoms with van der Waals surface area (Å²) in [6, 6.07) is 0.356. The minimum atomic E-state index is -0.289. The van der Waals surface area contributed by atoms with Crippen molar-refractivity contribution in [3.05, 3.63) is 0 Å². The fourth-order valence-electron chi connectivity index (χ4n) is 1.16. The van der Waals surface area contributed by atoms with Crippen LogP contribution in [0.1, 0.15) is 32.6 Å². The zero-order chi connectivity index (χ0) is 9.68. The lowest BCUT2D eigenvalue weighted by Gasteiger charge is -2.21. The Kier molecular flexibility index (Phi) is 3.73. The van der Waals surface area contributed by atoms with E-state index in [1.165, 1.54) is 6.42 Å². The number of hydrogen-bond acceptors (Lipinski definition) is 3. The van der Waals surface area contributed by atoms with Crippen LogP contribution in [0, 0.1) is 0 Å². The van der Waals surface area contributed by atoms with Gasteiger partial charge in [0.25, 0.3) is 0 Å². The van der Waals surface area contributed by atoms with E-state index < -0.39 is 0 Å². The van der Waals surface area contributed by atoms with Gasteiger partial charge >= 0.3 is 5.97 Å². The topological polar surface area (TPSA) is 64.7 Å². The van der Waals surface area contributed by atoms with Crippen LogP contribution in [-0.2, 0) is 9.53 Å². The maximum atomic E-state index is 11.0. The second kappa shape index (κ2) is 4.84. The molecule has 0 bridgehead atoms. The Morgan fingerprint density at radius 1 is 1.62 bits per heavy atom. The molecule has 0 aromatic rings. The fraction of sp³-hybridized carbons (Fsp3) is 0.778. The quantitative estimate of drug-likeness (QED) is 0.400. The van der Waals surface area contributed by atoms with Crippen LogP contribution in [0.15, 0.2) is 4.99 Å². The third kappa shape index (κ3) is 3.44. The van der Waals surface area contributed by atoms with Crippen LogP contribution in [0.3, 0.4) is 0 Å². The lowest BCUT2D eigenvalue weighted by atomic mass is 9.94. The van der Waals surface area contributed by atoms with Gasteiger partial charge in [-0.15, -0.1) is 0 Å². The summed E-state index contributed by atoms with van der Waals surface area (Å²) < 4.78 is 4.75. The first-order valence-electron chi connectivity index (χ1n) is 4.70. The maximum Gasteiger partial charge on any atom is 0.313 e. The summed E-state index contributed by atoms with van der Waals surface area (Å²) in [5.74, 6) is 0.117. The van der Waals surface area contributed by atoms with Gasteiger partial charge in [0, 0.05) is 0 Å². The molecule has 0 saturated heterocycles. The number of carbonyl (C=O) groups is 1. The van der Waals surface area contributed by atoms with Crippen molar-refractivity contribution < 1.29 is 9.53 Å². The lowest BCUT2D eigenvalue weighted by molar-refractivity contribution is -0.141. The van der Waals surface area contributed by atoms with Crippen molar-refractivity contribution in [1.29, 1.82) is 0 Å². The van der Waals surface area contributed by atoms with E-state index in [9.17, 15) is 4.79 Å². The van der Waals surface area contributed by atoms with Crippen molar-refractivity contribution in [2.75, 3.05) is 6.61 Å². The molecule has 1 saturated carbocycles. The number of rotatable bonds is 4. The molecule has 4 nitrogen and oxygen atoms in total. The van der Waals surface area contributed by atoms with Crippen LogP contribution in [0.4, 0.5) is 0 Å². The minimum absolute atomic E-state index is 0.129. The molecular weight excluding hydrogens is 168 g/mol. The summed E-state index contributed by atoms with van der Waals surface area (Å²) in [5, 5.41) is 0. The second-order valence-corrected chi connectivity index (χ2v) is 3.19. The van der Waals surface area contributed by atoms with Crippen molar-refractivity contribution in [2.45, 2.75) is 38.6 Å². The molecule has 74 valence electrons. The summed E-state index contributed by atoms with van der Waals surface area (Å²) >= 11 is 0. The van der Waals surface area contributed by atoms with Crippen molar-refractivity contribution in [2.24, 2.45) is 10.7 Å². The highest BCUT2D eigenvalue weighted by Gasteiger charge is 2.17. The maximum absolute atomic E-state index is 11.0. The summed E-state index contributed by atoms with van der Waals surface area (Å²) in [5.41, 5.74) is 5.56. The normalized spacial score (nSPS) is 18.1. The number of ether oxygens (including phenoxy) is 1. The van der Waals surface area contributed by atoms with Gasteiger partial charge in [-0.2, -0.15) is 0 Å². The van der Waals surface area contributed by atoms with E-state index in [0.29, 0.717) is 18.5 Å². The molecular formula is C9H16N2O2. The standard InChI is InChI=1S/C9H16N2O2/c1-2-13-9(12)6-8(10)11-7-4-3-5-7/h7H,2-6H2,1H3,(H2,10,11). The predicted octanol–water partition coefficient (Wildman–Crippen LogP) is 0.849. The Morgan fingerprint density at radius 3 is 2.77 bits per heavy atom. The molecule has 1 aliphatic carbocycles. The van der Waals surface area contributed by atoms with E-state index in [0.717, 1.165) is 12.8 Å². The van der Waals surface area contributed by atoms with Crippen LogP contribution in [0.5, 0.6) is 0 Å². The van der Waals surface area contributed by atoms with Crippen LogP contribution in [0.25, 0.3) is 0 Å². The first-order valence-corrected chi connectivity index (χ1v) is 4.70. The Hall–Kier alpha value is -1.06. The van der Waals surface area contributed by atoms with E-state index in [1.54, 1.807) is 6.92 Å². The van der Waals surface area contributed by atoms with Gasteiger partial charge in [0.05, 0.1) is 12.6 Å². The molecule has 13 heavy (non-hydrogen) atoms. The third-order valence-electron chi connectivity index (χ3n) is 2.05. The highest BCUT2D eigenvalue weighted by atomic mass is 16.5. The van der Waals surface area contributed by atoms with E-state index in [4.69, 9.17) is 10.5 Å². The molecule has 0 aliphatic heterocycles. The van der Waals surface area contributed by atoms with E-state index in [-0.39, 0.29) is 12.4 Å². The van der Waals surface area contributed by atoms with Gasteiger partial charge in [-0.1, -0.05) is 0 Å². The summed E-state index contributed by atoms with van der Waals surface area (Å²) in [7, 11) is 0. The number of aliphatic imine (C=N–C) groups is 1. The predicted molar refractivity (Wildman–Crippen MR) is 50.5 cm³/mol. The Balaban J connectivity index is 2.26. The van der Waals surface area contributed by atoms with Gasteiger partial charge in [-0.05, 0) is 26.2 Å². The van der Waals surface area contributed by atoms with E-state index in [1.807, 2.05) is 0 Å². The van der Waals surface area contributed by atoms with Gasteiger partial charge in [-0.25, -0.2) is 0 Å². The van der Waals surface area contributed by atoms with E-state index >= 15 is 0 Å². The van der Waals surface area contributed by atoms with Crippen molar-refractivity contribution >= 4 is 11.8 Å². The van der Waals surface area contributed by atoms with Gasteiger partial charge < -0.3 is 10.5 Å². The number of hydrogen-bond donors (Lipinski definition) is 1. The number of esters is 1. The molecule has 0 spiro atoms. The summed E-state index contributed by atoms with van der Waals surface area (Å²) in [6.45, 7) is 2.17. The van der Waals surface area contributed by atoms with Gasteiger partial charge in [-0.3, -0.25) is 9.79 Å². The molecule has 0 aromatic carbocycles. The average molecular weight is 184 g/mol. The fourth-order valence-corrected chi connectivity index (χ4v) is 1.16. The van der Waals surface area contributed by atoms with Gasteiger partial charge in [0.15, 0.2) is 0 Å². The molecule has 1 fully saturated rings. The van der Waals surface area contributed by atoms with Crippen molar-refractivity contribution in [3.8, 4) is 0 Å². The second-order valence-electron chi connectivity index (χ2n) is 3.19. The molecule has 1 rings (SSSR count). The molecule has 4 heteroatoms. The SMILES string of the molecule is CCOC(=O)CC(N)=NC1CCC1. The molecule has 0 amide bonds. The Labute approximate surface area is 78.2 Å². The molecule has 0 radical (unpaired) electrons. The molecule has 1 aliphatic rings. The number of nitrogens with two attached hydrogens (primary N) is 1. The first kappa shape index (κ1) is 10.0. The Morgan fingerprint density at radius 2 is 2.31 bits per heavy atom. The molecule has 0 atom stereocenters. The number of carbonyl (C=O) groups excluding carboxylic acids is 1. The highest BCUT2D eigenvalue weighted by Crippen LogP contribution is 2.21. The molecule has 2 N–H and O–H groups in total. The van der Waals surface area contributed by atoms with Crippen LogP contribution >= 0.6 is 0 Å². The third-order valence-corrected chi connectivity index (χ3v) is 2.05. The number of amidine groups is 1. The van der Waals surface area contributed by atoms with Gasteiger partial charge in [0.1, 0.15) is 12.3 Å². The Bertz CT molecular complexity index is 210. The highest BCUT2D eigenvalue weighted by molar-refractivity contribution is 5.96. The summed E-state index contributed by atoms with van der Waals surface area (Å²) in [6.07, 6.45) is 3.55. The van der Waals surface area contributed by atoms with E-state index in [2.05, 4.69) is 4.99 Å². The van der Waals surface area contributed by atoms with Crippen LogP contribution < -0.4 is 5.73 Å². The summed E-state index contributed by atoms with van der Waals surface area (Å²) in [4.78, 5) is 15.2. The molecule has 0 heterocycles. The zero-order valence-corrected chi connectivity index (χ0v) is 7.95. The zero-order valence-electron chi connectivity index (χ0n) is 7.95.